The van der Waals surface area contributed by atoms with E-state index in [4.69, 9.17) is 0 Å². The van der Waals surface area contributed by atoms with Gasteiger partial charge in [0, 0.05) is 12.7 Å². The number of nitrogens with zero attached hydrogens (tertiary/aromatic N) is 1. The van der Waals surface area contributed by atoms with Gasteiger partial charge in [0.1, 0.15) is 5.82 Å². The van der Waals surface area contributed by atoms with E-state index >= 15 is 0 Å². The van der Waals surface area contributed by atoms with Crippen molar-refractivity contribution in [3.8, 4) is 0 Å². The van der Waals surface area contributed by atoms with Crippen LogP contribution in [-0.2, 0) is 0 Å². The Labute approximate surface area is 101 Å². The Bertz CT molecular complexity index is 442. The Morgan fingerprint density at radius 3 is 3.12 bits per heavy atom. The maximum absolute atomic E-state index is 13.2. The summed E-state index contributed by atoms with van der Waals surface area (Å²) in [6.45, 7) is 2.21. The van der Waals surface area contributed by atoms with Crippen LogP contribution in [0.25, 0.3) is 5.57 Å². The summed E-state index contributed by atoms with van der Waals surface area (Å²) in [4.78, 5) is 3.93. The molecule has 0 radical (unpaired) electrons. The molecule has 1 fully saturated rings. The third-order valence-corrected chi connectivity index (χ3v) is 3.95. The quantitative estimate of drug-likeness (QED) is 0.805. The standard InChI is InChI=1S/C14H17FN2/c15-14-6-13(8-17-9-14)11-2-1-10-3-4-16-7-12(10)5-11/h5-6,8-10,12,16H,1-4,7H2. The fraction of sp³-hybridized carbons (Fsp3) is 0.500. The number of nitrogens with one attached hydrogen (secondary N) is 1. The van der Waals surface area contributed by atoms with Crippen molar-refractivity contribution in [3.05, 3.63) is 35.9 Å². The number of allylic oxidation sites excluding steroid dienone is 1. The first-order valence-electron chi connectivity index (χ1n) is 6.35. The number of halogens is 1. The zero-order valence-corrected chi connectivity index (χ0v) is 9.82. The van der Waals surface area contributed by atoms with Gasteiger partial charge in [-0.2, -0.15) is 0 Å². The predicted molar refractivity (Wildman–Crippen MR) is 65.9 cm³/mol. The number of piperidine rings is 1. The van der Waals surface area contributed by atoms with Gasteiger partial charge in [0.05, 0.1) is 6.20 Å². The fourth-order valence-electron chi connectivity index (χ4n) is 3.00. The van der Waals surface area contributed by atoms with E-state index in [9.17, 15) is 4.39 Å². The number of aromatic nitrogens is 1. The normalized spacial score (nSPS) is 28.4. The lowest BCUT2D eigenvalue weighted by atomic mass is 9.76. The van der Waals surface area contributed by atoms with Crippen LogP contribution in [-0.4, -0.2) is 18.1 Å². The Morgan fingerprint density at radius 1 is 1.29 bits per heavy atom. The smallest absolute Gasteiger partial charge is 0.142 e. The average molecular weight is 232 g/mol. The average Bonchev–Trinajstić information content (AvgIpc) is 2.38. The molecule has 3 rings (SSSR count). The van der Waals surface area contributed by atoms with Crippen LogP contribution in [0.5, 0.6) is 0 Å². The molecular formula is C14H17FN2. The van der Waals surface area contributed by atoms with Crippen LogP contribution in [0, 0.1) is 17.7 Å². The van der Waals surface area contributed by atoms with Crippen molar-refractivity contribution >= 4 is 5.57 Å². The van der Waals surface area contributed by atoms with Gasteiger partial charge in [-0.05, 0) is 54.8 Å². The summed E-state index contributed by atoms with van der Waals surface area (Å²) in [5.41, 5.74) is 2.22. The van der Waals surface area contributed by atoms with E-state index in [0.29, 0.717) is 5.92 Å². The van der Waals surface area contributed by atoms with E-state index in [1.165, 1.54) is 24.6 Å². The maximum Gasteiger partial charge on any atom is 0.142 e. The fourth-order valence-corrected chi connectivity index (χ4v) is 3.00. The highest BCUT2D eigenvalue weighted by molar-refractivity contribution is 5.66. The van der Waals surface area contributed by atoms with Crippen molar-refractivity contribution in [1.82, 2.24) is 10.3 Å². The highest BCUT2D eigenvalue weighted by Crippen LogP contribution is 2.36. The zero-order chi connectivity index (χ0) is 11.7. The van der Waals surface area contributed by atoms with Gasteiger partial charge in [0.25, 0.3) is 0 Å². The first kappa shape index (κ1) is 10.9. The molecule has 2 atom stereocenters. The Hall–Kier alpha value is -1.22. The number of hydrogen-bond donors (Lipinski definition) is 1. The van der Waals surface area contributed by atoms with E-state index in [1.807, 2.05) is 0 Å². The van der Waals surface area contributed by atoms with Crippen LogP contribution in [0.3, 0.4) is 0 Å². The molecule has 1 aromatic heterocycles. The predicted octanol–water partition coefficient (Wildman–Crippen LogP) is 2.62. The van der Waals surface area contributed by atoms with Gasteiger partial charge in [0.15, 0.2) is 0 Å². The zero-order valence-electron chi connectivity index (χ0n) is 9.82. The second kappa shape index (κ2) is 4.57. The van der Waals surface area contributed by atoms with Gasteiger partial charge >= 0.3 is 0 Å². The molecule has 2 aliphatic rings. The first-order valence-corrected chi connectivity index (χ1v) is 6.35. The van der Waals surface area contributed by atoms with E-state index in [2.05, 4.69) is 16.4 Å². The second-order valence-corrected chi connectivity index (χ2v) is 5.04. The lowest BCUT2D eigenvalue weighted by Crippen LogP contribution is -2.37. The Morgan fingerprint density at radius 2 is 2.24 bits per heavy atom. The van der Waals surface area contributed by atoms with Gasteiger partial charge in [-0.1, -0.05) is 6.08 Å². The van der Waals surface area contributed by atoms with Crippen LogP contribution >= 0.6 is 0 Å². The van der Waals surface area contributed by atoms with Gasteiger partial charge in [-0.25, -0.2) is 4.39 Å². The molecule has 0 aromatic carbocycles. The molecule has 1 aliphatic carbocycles. The monoisotopic (exact) mass is 232 g/mol. The molecule has 1 aromatic rings. The third-order valence-electron chi connectivity index (χ3n) is 3.95. The van der Waals surface area contributed by atoms with E-state index in [0.717, 1.165) is 31.0 Å². The summed E-state index contributed by atoms with van der Waals surface area (Å²) in [7, 11) is 0. The van der Waals surface area contributed by atoms with Gasteiger partial charge in [-0.15, -0.1) is 0 Å². The van der Waals surface area contributed by atoms with Crippen LogP contribution in [0.15, 0.2) is 24.5 Å². The minimum atomic E-state index is -0.243. The van der Waals surface area contributed by atoms with Crippen LogP contribution in [0.1, 0.15) is 24.8 Å². The molecule has 0 saturated carbocycles. The lowest BCUT2D eigenvalue weighted by molar-refractivity contribution is 0.279. The van der Waals surface area contributed by atoms with Crippen LogP contribution in [0.4, 0.5) is 4.39 Å². The highest BCUT2D eigenvalue weighted by Gasteiger charge is 2.27. The largest absolute Gasteiger partial charge is 0.316 e. The molecule has 1 saturated heterocycles. The highest BCUT2D eigenvalue weighted by atomic mass is 19.1. The maximum atomic E-state index is 13.2. The van der Waals surface area contributed by atoms with Gasteiger partial charge in [-0.3, -0.25) is 4.98 Å². The number of pyridine rings is 1. The summed E-state index contributed by atoms with van der Waals surface area (Å²) in [5, 5.41) is 3.43. The molecule has 3 heteroatoms. The second-order valence-electron chi connectivity index (χ2n) is 5.04. The minimum Gasteiger partial charge on any atom is -0.316 e. The lowest BCUT2D eigenvalue weighted by Gasteiger charge is -2.34. The summed E-state index contributed by atoms with van der Waals surface area (Å²) in [5.74, 6) is 1.20. The number of fused-ring (bicyclic) bond motifs is 1. The molecule has 1 aliphatic heterocycles. The van der Waals surface area contributed by atoms with E-state index in [1.54, 1.807) is 12.3 Å². The summed E-state index contributed by atoms with van der Waals surface area (Å²) < 4.78 is 13.2. The number of hydrogen-bond acceptors (Lipinski definition) is 2. The molecule has 0 bridgehead atoms. The molecule has 2 heterocycles. The molecule has 0 spiro atoms. The topological polar surface area (TPSA) is 24.9 Å². The van der Waals surface area contributed by atoms with Crippen molar-refractivity contribution in [1.29, 1.82) is 0 Å². The van der Waals surface area contributed by atoms with Crippen molar-refractivity contribution < 1.29 is 4.39 Å². The molecular weight excluding hydrogens is 215 g/mol. The molecule has 2 nitrogen and oxygen atoms in total. The van der Waals surface area contributed by atoms with Crippen LogP contribution in [0.2, 0.25) is 0 Å². The minimum absolute atomic E-state index is 0.243. The third kappa shape index (κ3) is 2.25. The van der Waals surface area contributed by atoms with Crippen molar-refractivity contribution in [2.24, 2.45) is 11.8 Å². The van der Waals surface area contributed by atoms with Crippen LogP contribution < -0.4 is 5.32 Å². The van der Waals surface area contributed by atoms with E-state index < -0.39 is 0 Å². The molecule has 1 N–H and O–H groups in total. The summed E-state index contributed by atoms with van der Waals surface area (Å²) in [6.07, 6.45) is 8.93. The van der Waals surface area contributed by atoms with E-state index in [-0.39, 0.29) is 5.82 Å². The van der Waals surface area contributed by atoms with Gasteiger partial charge in [0.2, 0.25) is 0 Å². The van der Waals surface area contributed by atoms with Crippen molar-refractivity contribution in [3.63, 3.8) is 0 Å². The summed E-state index contributed by atoms with van der Waals surface area (Å²) in [6, 6.07) is 1.59. The SMILES string of the molecule is Fc1cncc(C2=CC3CNCCC3CC2)c1. The molecule has 90 valence electrons. The summed E-state index contributed by atoms with van der Waals surface area (Å²) >= 11 is 0. The molecule has 0 amide bonds. The van der Waals surface area contributed by atoms with Crippen molar-refractivity contribution in [2.45, 2.75) is 19.3 Å². The van der Waals surface area contributed by atoms with Crippen molar-refractivity contribution in [2.75, 3.05) is 13.1 Å². The Balaban J connectivity index is 1.86. The molecule has 17 heavy (non-hydrogen) atoms. The first-order chi connectivity index (χ1) is 8.33. The molecule has 2 unspecified atom stereocenters. The van der Waals surface area contributed by atoms with Gasteiger partial charge < -0.3 is 5.32 Å². The Kier molecular flexibility index (Phi) is 2.93. The number of rotatable bonds is 1.